The van der Waals surface area contributed by atoms with Gasteiger partial charge >= 0.3 is 5.97 Å². The number of benzene rings is 4. The highest BCUT2D eigenvalue weighted by Gasteiger charge is 2.34. The molecule has 0 saturated heterocycles. The number of aliphatic carboxylic acids is 1. The highest BCUT2D eigenvalue weighted by molar-refractivity contribution is 7.80. The number of nitrogens with zero attached hydrogens (tertiary/aromatic N) is 1. The number of primary amides is 1. The molecule has 0 saturated carbocycles. The van der Waals surface area contributed by atoms with Gasteiger partial charge in [0.05, 0.1) is 0 Å². The van der Waals surface area contributed by atoms with Gasteiger partial charge in [0.15, 0.2) is 0 Å². The van der Waals surface area contributed by atoms with Crippen LogP contribution in [0.5, 0.6) is 5.75 Å². The maximum atomic E-state index is 11.9. The Bertz CT molecular complexity index is 1600. The van der Waals surface area contributed by atoms with Crippen molar-refractivity contribution in [1.82, 2.24) is 0 Å². The first kappa shape index (κ1) is 30.2. The summed E-state index contributed by atoms with van der Waals surface area (Å²) < 4.78 is 5.91. The monoisotopic (exact) mass is 598 g/mol. The number of thiocarbonyl (C=S) groups is 2. The topological polar surface area (TPSA) is 145 Å². The van der Waals surface area contributed by atoms with E-state index in [1.54, 1.807) is 24.3 Å². The van der Waals surface area contributed by atoms with Gasteiger partial charge in [-0.15, -0.1) is 0 Å². The van der Waals surface area contributed by atoms with Gasteiger partial charge in [0, 0.05) is 35.3 Å². The minimum absolute atomic E-state index is 0.262. The van der Waals surface area contributed by atoms with Crippen molar-refractivity contribution >= 4 is 52.0 Å². The maximum Gasteiger partial charge on any atom is 0.326 e. The Kier molecular flexibility index (Phi) is 9.85. The van der Waals surface area contributed by atoms with E-state index in [1.807, 2.05) is 77.7 Å². The normalized spacial score (nSPS) is 13.3. The number of nitrogens with two attached hydrogens (primary N) is 3. The third-order valence-electron chi connectivity index (χ3n) is 6.68. The summed E-state index contributed by atoms with van der Waals surface area (Å²) in [4.78, 5) is 25.1. The van der Waals surface area contributed by atoms with Crippen LogP contribution in [0.15, 0.2) is 97.1 Å². The summed E-state index contributed by atoms with van der Waals surface area (Å²) in [6.07, 6.45) is 0.433. The molecule has 1 atom stereocenters. The maximum absolute atomic E-state index is 11.9. The molecule has 0 radical (unpaired) electrons. The number of carbonyl (C=O) groups excluding carboxylic acids is 1. The van der Waals surface area contributed by atoms with Crippen LogP contribution in [0, 0.1) is 0 Å². The summed E-state index contributed by atoms with van der Waals surface area (Å²) in [6.45, 7) is 0.933. The van der Waals surface area contributed by atoms with Crippen molar-refractivity contribution in [1.29, 1.82) is 0 Å². The third-order valence-corrected chi connectivity index (χ3v) is 7.15. The first-order valence-corrected chi connectivity index (χ1v) is 13.8. The van der Waals surface area contributed by atoms with Crippen LogP contribution in [0.25, 0.3) is 0 Å². The number of amides is 1. The lowest BCUT2D eigenvalue weighted by Crippen LogP contribution is -2.38. The molecule has 42 heavy (non-hydrogen) atoms. The van der Waals surface area contributed by atoms with Crippen molar-refractivity contribution in [2.24, 2.45) is 17.2 Å². The Morgan fingerprint density at radius 2 is 1.40 bits per heavy atom. The molecule has 0 aromatic heterocycles. The van der Waals surface area contributed by atoms with Crippen molar-refractivity contribution in [2.75, 3.05) is 4.90 Å². The highest BCUT2D eigenvalue weighted by atomic mass is 32.1. The van der Waals surface area contributed by atoms with E-state index in [0.717, 1.165) is 33.7 Å². The predicted octanol–water partition coefficient (Wildman–Crippen LogP) is 4.34. The molecule has 1 heterocycles. The zero-order valence-electron chi connectivity index (χ0n) is 22.6. The van der Waals surface area contributed by atoms with E-state index in [-0.39, 0.29) is 4.99 Å². The van der Waals surface area contributed by atoms with E-state index in [1.165, 1.54) is 0 Å². The van der Waals surface area contributed by atoms with Gasteiger partial charge in [0.1, 0.15) is 28.4 Å². The second-order valence-electron chi connectivity index (χ2n) is 9.62. The molecule has 0 aliphatic carbocycles. The molecule has 1 unspecified atom stereocenters. The molecule has 10 heteroatoms. The Balaban J connectivity index is 0.000000283. The minimum Gasteiger partial charge on any atom is -0.489 e. The van der Waals surface area contributed by atoms with Gasteiger partial charge in [-0.25, -0.2) is 4.79 Å². The number of hydrogen-bond donors (Lipinski definition) is 4. The molecular weight excluding hydrogens is 569 g/mol. The lowest BCUT2D eigenvalue weighted by Gasteiger charge is -2.25. The van der Waals surface area contributed by atoms with Crippen LogP contribution in [-0.2, 0) is 24.4 Å². The fourth-order valence-corrected chi connectivity index (χ4v) is 4.84. The first-order chi connectivity index (χ1) is 20.1. The van der Waals surface area contributed by atoms with Gasteiger partial charge in [-0.1, -0.05) is 85.1 Å². The zero-order valence-corrected chi connectivity index (χ0v) is 24.2. The molecule has 7 N–H and O–H groups in total. The van der Waals surface area contributed by atoms with Gasteiger partial charge < -0.3 is 31.9 Å². The highest BCUT2D eigenvalue weighted by Crippen LogP contribution is 2.36. The molecule has 0 spiro atoms. The van der Waals surface area contributed by atoms with Crippen LogP contribution in [-0.4, -0.2) is 33.0 Å². The molecule has 1 aliphatic heterocycles. The molecule has 0 fully saturated rings. The van der Waals surface area contributed by atoms with Crippen LogP contribution in [0.2, 0.25) is 0 Å². The summed E-state index contributed by atoms with van der Waals surface area (Å²) >= 11 is 9.80. The van der Waals surface area contributed by atoms with Gasteiger partial charge in [-0.05, 0) is 53.1 Å². The molecule has 0 bridgehead atoms. The van der Waals surface area contributed by atoms with Crippen molar-refractivity contribution in [3.8, 4) is 5.75 Å². The largest absolute Gasteiger partial charge is 0.489 e. The molecular formula is C32H30N4O4S2. The minimum atomic E-state index is -0.844. The average molecular weight is 599 g/mol. The fraction of sp³-hybridized carbons (Fsp3) is 0.125. The van der Waals surface area contributed by atoms with Crippen LogP contribution in [0.4, 0.5) is 5.69 Å². The number of ether oxygens (including phenoxy) is 1. The Hall–Kier alpha value is -4.80. The van der Waals surface area contributed by atoms with Crippen molar-refractivity contribution in [3.63, 3.8) is 0 Å². The standard InChI is InChI=1S/C24H22N2O3S.C8H8N2OS/c25-23(30)18-8-4-7-17(11-18)14-26-21-10-9-20(12-19(21)13-22(26)24(27)28)29-15-16-5-2-1-3-6-16;9-7(11)5-2-1-3-6(4-5)8(10)12/h1-12,22H,13-15H2,(H2,25,30)(H,27,28);1-4H,(H2,9,11)(H2,10,12). The molecule has 5 rings (SSSR count). The van der Waals surface area contributed by atoms with Crippen LogP contribution in [0.3, 0.4) is 0 Å². The van der Waals surface area contributed by atoms with E-state index in [2.05, 4.69) is 0 Å². The molecule has 4 aromatic carbocycles. The number of fused-ring (bicyclic) bond motifs is 1. The van der Waals surface area contributed by atoms with Crippen LogP contribution < -0.4 is 26.8 Å². The second-order valence-corrected chi connectivity index (χ2v) is 10.5. The summed E-state index contributed by atoms with van der Waals surface area (Å²) in [5.74, 6) is -0.587. The number of carboxylic acids is 1. The average Bonchev–Trinajstić information content (AvgIpc) is 3.35. The second kappa shape index (κ2) is 13.7. The summed E-state index contributed by atoms with van der Waals surface area (Å²) in [6, 6.07) is 29.3. The summed E-state index contributed by atoms with van der Waals surface area (Å²) in [5.41, 5.74) is 21.9. The zero-order chi connectivity index (χ0) is 30.2. The van der Waals surface area contributed by atoms with Crippen molar-refractivity contribution in [2.45, 2.75) is 25.6 Å². The van der Waals surface area contributed by atoms with Crippen LogP contribution >= 0.6 is 24.4 Å². The molecule has 214 valence electrons. The van der Waals surface area contributed by atoms with Crippen molar-refractivity contribution in [3.05, 3.63) is 130 Å². The summed E-state index contributed by atoms with van der Waals surface area (Å²) in [7, 11) is 0. The quantitative estimate of drug-likeness (QED) is 0.207. The third kappa shape index (κ3) is 7.68. The Morgan fingerprint density at radius 3 is 2.05 bits per heavy atom. The van der Waals surface area contributed by atoms with Crippen LogP contribution in [0.1, 0.15) is 38.2 Å². The first-order valence-electron chi connectivity index (χ1n) is 13.0. The number of carbonyl (C=O) groups is 2. The van der Waals surface area contributed by atoms with E-state index in [9.17, 15) is 14.7 Å². The van der Waals surface area contributed by atoms with Gasteiger partial charge in [-0.2, -0.15) is 0 Å². The van der Waals surface area contributed by atoms with Gasteiger partial charge in [0.25, 0.3) is 0 Å². The van der Waals surface area contributed by atoms with E-state index in [4.69, 9.17) is 46.4 Å². The number of hydrogen-bond acceptors (Lipinski definition) is 6. The van der Waals surface area contributed by atoms with Gasteiger partial charge in [0.2, 0.25) is 5.91 Å². The molecule has 1 aliphatic rings. The Labute approximate surface area is 254 Å². The molecule has 8 nitrogen and oxygen atoms in total. The van der Waals surface area contributed by atoms with E-state index < -0.39 is 17.9 Å². The van der Waals surface area contributed by atoms with E-state index in [0.29, 0.717) is 35.7 Å². The number of rotatable bonds is 9. The van der Waals surface area contributed by atoms with E-state index >= 15 is 0 Å². The lowest BCUT2D eigenvalue weighted by atomic mass is 10.1. The fourth-order valence-electron chi connectivity index (χ4n) is 4.58. The Morgan fingerprint density at radius 1 is 0.786 bits per heavy atom. The number of carboxylic acid groups (broad SMARTS) is 1. The molecule has 1 amide bonds. The lowest BCUT2D eigenvalue weighted by molar-refractivity contribution is -0.138. The van der Waals surface area contributed by atoms with Crippen molar-refractivity contribution < 1.29 is 19.4 Å². The smallest absolute Gasteiger partial charge is 0.326 e. The SMILES string of the molecule is NC(=O)c1cccc(C(N)=S)c1.NC(=S)c1cccc(CN2c3ccc(OCc4ccccc4)cc3CC2C(=O)O)c1. The summed E-state index contributed by atoms with van der Waals surface area (Å²) in [5, 5.41) is 9.78. The number of anilines is 1. The predicted molar refractivity (Wildman–Crippen MR) is 172 cm³/mol. The molecule has 4 aromatic rings. The van der Waals surface area contributed by atoms with Gasteiger partial charge in [-0.3, -0.25) is 4.79 Å².